The molecule has 1 aliphatic rings. The van der Waals surface area contributed by atoms with Crippen LogP contribution in [0.15, 0.2) is 28.2 Å². The van der Waals surface area contributed by atoms with Gasteiger partial charge in [-0.15, -0.1) is 0 Å². The van der Waals surface area contributed by atoms with Gasteiger partial charge in [0.1, 0.15) is 0 Å². The lowest BCUT2D eigenvalue weighted by molar-refractivity contribution is 0.0601. The Balaban J connectivity index is 1.98. The first-order chi connectivity index (χ1) is 13.1. The van der Waals surface area contributed by atoms with E-state index < -0.39 is 5.97 Å². The van der Waals surface area contributed by atoms with E-state index >= 15 is 0 Å². The van der Waals surface area contributed by atoms with Gasteiger partial charge < -0.3 is 14.2 Å². The quantitative estimate of drug-likeness (QED) is 0.295. The van der Waals surface area contributed by atoms with E-state index in [1.54, 1.807) is 22.8 Å². The summed E-state index contributed by atoms with van der Waals surface area (Å²) in [6, 6.07) is 4.83. The number of methoxy groups -OCH3 is 1. The fourth-order valence-corrected chi connectivity index (χ4v) is 3.90. The van der Waals surface area contributed by atoms with Crippen molar-refractivity contribution in [2.75, 3.05) is 32.7 Å². The van der Waals surface area contributed by atoms with E-state index in [4.69, 9.17) is 14.2 Å². The number of fused-ring (bicyclic) bond motifs is 1. The first-order valence-corrected chi connectivity index (χ1v) is 10.1. The van der Waals surface area contributed by atoms with Gasteiger partial charge in [-0.1, -0.05) is 11.8 Å². The van der Waals surface area contributed by atoms with Gasteiger partial charge in [0.15, 0.2) is 5.16 Å². The summed E-state index contributed by atoms with van der Waals surface area (Å²) < 4.78 is 17.5. The van der Waals surface area contributed by atoms with E-state index in [1.807, 2.05) is 6.92 Å². The molecule has 2 heterocycles. The van der Waals surface area contributed by atoms with Crippen molar-refractivity contribution < 1.29 is 19.0 Å². The minimum atomic E-state index is -0.451. The Morgan fingerprint density at radius 1 is 1.44 bits per heavy atom. The maximum absolute atomic E-state index is 13.1. The van der Waals surface area contributed by atoms with E-state index in [2.05, 4.69) is 4.98 Å². The maximum atomic E-state index is 13.1. The van der Waals surface area contributed by atoms with Crippen LogP contribution in [0, 0.1) is 0 Å². The Kier molecular flexibility index (Phi) is 6.87. The molecule has 1 atom stereocenters. The Hall–Kier alpha value is -1.90. The molecular weight excluding hydrogens is 368 g/mol. The molecule has 0 unspecified atom stereocenters. The van der Waals surface area contributed by atoms with Gasteiger partial charge in [-0.2, -0.15) is 0 Å². The molecule has 2 aromatic rings. The summed E-state index contributed by atoms with van der Waals surface area (Å²) in [4.78, 5) is 29.5. The number of benzene rings is 1. The van der Waals surface area contributed by atoms with E-state index in [9.17, 15) is 9.59 Å². The number of nitrogens with zero attached hydrogens (tertiary/aromatic N) is 2. The van der Waals surface area contributed by atoms with Crippen molar-refractivity contribution in [2.24, 2.45) is 0 Å². The molecule has 1 aromatic heterocycles. The van der Waals surface area contributed by atoms with Crippen LogP contribution in [0.5, 0.6) is 0 Å². The largest absolute Gasteiger partial charge is 0.465 e. The van der Waals surface area contributed by atoms with Gasteiger partial charge in [0, 0.05) is 19.0 Å². The fraction of sp³-hybridized carbons (Fsp3) is 0.526. The summed E-state index contributed by atoms with van der Waals surface area (Å²) in [6.07, 6.45) is 1.98. The average Bonchev–Trinajstić information content (AvgIpc) is 3.20. The van der Waals surface area contributed by atoms with E-state index in [0.29, 0.717) is 47.1 Å². The molecule has 0 bridgehead atoms. The van der Waals surface area contributed by atoms with Crippen LogP contribution in [0.3, 0.4) is 0 Å². The molecule has 1 aromatic carbocycles. The molecule has 0 radical (unpaired) electrons. The molecule has 146 valence electrons. The Morgan fingerprint density at radius 2 is 2.30 bits per heavy atom. The standard InChI is InChI=1S/C19H24N2O5S/c1-3-25-9-10-27-19-20-16-11-13(18(23)24-2)6-7-15(16)17(22)21(19)12-14-5-4-8-26-14/h6-7,11,14H,3-5,8-10,12H2,1-2H3/t14-/m0/s1. The second-order valence-electron chi connectivity index (χ2n) is 6.21. The van der Waals surface area contributed by atoms with E-state index in [-0.39, 0.29) is 11.7 Å². The third-order valence-corrected chi connectivity index (χ3v) is 5.36. The molecule has 1 aliphatic heterocycles. The minimum Gasteiger partial charge on any atom is -0.465 e. The average molecular weight is 392 g/mol. The molecule has 0 aliphatic carbocycles. The zero-order chi connectivity index (χ0) is 19.2. The summed E-state index contributed by atoms with van der Waals surface area (Å²) in [7, 11) is 1.33. The monoisotopic (exact) mass is 392 g/mol. The molecule has 8 heteroatoms. The van der Waals surface area contributed by atoms with Crippen molar-refractivity contribution in [3.05, 3.63) is 34.1 Å². The van der Waals surface area contributed by atoms with Crippen LogP contribution in [0.1, 0.15) is 30.1 Å². The van der Waals surface area contributed by atoms with Gasteiger partial charge in [0.2, 0.25) is 0 Å². The lowest BCUT2D eigenvalue weighted by Crippen LogP contribution is -2.29. The van der Waals surface area contributed by atoms with Crippen LogP contribution in [0.25, 0.3) is 10.9 Å². The van der Waals surface area contributed by atoms with Crippen molar-refractivity contribution >= 4 is 28.6 Å². The third kappa shape index (κ3) is 4.69. The summed E-state index contributed by atoms with van der Waals surface area (Å²) in [5.41, 5.74) is 0.746. The second-order valence-corrected chi connectivity index (χ2v) is 7.28. The minimum absolute atomic E-state index is 0.0301. The highest BCUT2D eigenvalue weighted by molar-refractivity contribution is 7.99. The van der Waals surface area contributed by atoms with Gasteiger partial charge in [0.25, 0.3) is 5.56 Å². The number of thioether (sulfide) groups is 1. The predicted molar refractivity (Wildman–Crippen MR) is 104 cm³/mol. The molecular formula is C19H24N2O5S. The SMILES string of the molecule is CCOCCSc1nc2cc(C(=O)OC)ccc2c(=O)n1C[C@@H]1CCCO1. The van der Waals surface area contributed by atoms with Gasteiger partial charge in [-0.25, -0.2) is 9.78 Å². The fourth-order valence-electron chi connectivity index (χ4n) is 3.04. The zero-order valence-corrected chi connectivity index (χ0v) is 16.4. The number of hydrogen-bond acceptors (Lipinski definition) is 7. The second kappa shape index (κ2) is 9.34. The van der Waals surface area contributed by atoms with E-state index in [1.165, 1.54) is 18.9 Å². The van der Waals surface area contributed by atoms with Crippen molar-refractivity contribution in [3.8, 4) is 0 Å². The first kappa shape index (κ1) is 19.9. The lowest BCUT2D eigenvalue weighted by atomic mass is 10.1. The maximum Gasteiger partial charge on any atom is 0.337 e. The Labute approximate surface area is 162 Å². The van der Waals surface area contributed by atoms with Gasteiger partial charge in [-0.3, -0.25) is 9.36 Å². The third-order valence-electron chi connectivity index (χ3n) is 4.41. The number of hydrogen-bond donors (Lipinski definition) is 0. The van der Waals surface area contributed by atoms with Crippen molar-refractivity contribution in [2.45, 2.75) is 37.6 Å². The topological polar surface area (TPSA) is 79.7 Å². The molecule has 0 N–H and O–H groups in total. The van der Waals surface area contributed by atoms with Crippen molar-refractivity contribution in [3.63, 3.8) is 0 Å². The summed E-state index contributed by atoms with van der Waals surface area (Å²) >= 11 is 1.47. The summed E-state index contributed by atoms with van der Waals surface area (Å²) in [5, 5.41) is 1.10. The highest BCUT2D eigenvalue weighted by Crippen LogP contribution is 2.21. The van der Waals surface area contributed by atoms with Crippen LogP contribution < -0.4 is 5.56 Å². The van der Waals surface area contributed by atoms with Gasteiger partial charge in [0.05, 0.1) is 42.8 Å². The zero-order valence-electron chi connectivity index (χ0n) is 15.6. The van der Waals surface area contributed by atoms with Gasteiger partial charge >= 0.3 is 5.97 Å². The van der Waals surface area contributed by atoms with Crippen LogP contribution in [0.4, 0.5) is 0 Å². The number of carbonyl (C=O) groups is 1. The van der Waals surface area contributed by atoms with Crippen molar-refractivity contribution in [1.29, 1.82) is 0 Å². The van der Waals surface area contributed by atoms with Crippen molar-refractivity contribution in [1.82, 2.24) is 9.55 Å². The number of ether oxygens (including phenoxy) is 3. The van der Waals surface area contributed by atoms with Crippen LogP contribution in [-0.4, -0.2) is 54.3 Å². The highest BCUT2D eigenvalue weighted by Gasteiger charge is 2.20. The number of carbonyl (C=O) groups excluding carboxylic acids is 1. The molecule has 0 amide bonds. The molecule has 7 nitrogen and oxygen atoms in total. The Bertz CT molecular complexity index is 861. The number of rotatable bonds is 8. The van der Waals surface area contributed by atoms with E-state index in [0.717, 1.165) is 19.4 Å². The molecule has 27 heavy (non-hydrogen) atoms. The number of aromatic nitrogens is 2. The summed E-state index contributed by atoms with van der Waals surface area (Å²) in [5.74, 6) is 0.237. The molecule has 1 saturated heterocycles. The first-order valence-electron chi connectivity index (χ1n) is 9.09. The van der Waals surface area contributed by atoms with Crippen LogP contribution in [0.2, 0.25) is 0 Å². The summed E-state index contributed by atoms with van der Waals surface area (Å²) in [6.45, 7) is 4.39. The highest BCUT2D eigenvalue weighted by atomic mass is 32.2. The Morgan fingerprint density at radius 3 is 3.00 bits per heavy atom. The van der Waals surface area contributed by atoms with Crippen LogP contribution in [-0.2, 0) is 20.8 Å². The van der Waals surface area contributed by atoms with Crippen LogP contribution >= 0.6 is 11.8 Å². The molecule has 0 saturated carbocycles. The predicted octanol–water partition coefficient (Wildman–Crippen LogP) is 2.49. The normalized spacial score (nSPS) is 16.7. The smallest absolute Gasteiger partial charge is 0.337 e. The number of esters is 1. The molecule has 3 rings (SSSR count). The molecule has 0 spiro atoms. The molecule has 1 fully saturated rings. The van der Waals surface area contributed by atoms with Gasteiger partial charge in [-0.05, 0) is 38.0 Å². The lowest BCUT2D eigenvalue weighted by Gasteiger charge is -2.16.